The Kier molecular flexibility index (Phi) is 4.11. The number of thioether (sulfide) groups is 1. The smallest absolute Gasteiger partial charge is 0.153 e. The van der Waals surface area contributed by atoms with Gasteiger partial charge < -0.3 is 5.73 Å². The maximum Gasteiger partial charge on any atom is 0.153 e. The Hall–Kier alpha value is -0.000000000000000111. The summed E-state index contributed by atoms with van der Waals surface area (Å²) in [6.07, 6.45) is 0. The predicted octanol–water partition coefficient (Wildman–Crippen LogP) is 2.69. The van der Waals surface area contributed by atoms with Gasteiger partial charge in [-0.05, 0) is 32.9 Å². The molecule has 2 nitrogen and oxygen atoms in total. The highest BCUT2D eigenvalue weighted by atomic mass is 79.9. The van der Waals surface area contributed by atoms with Crippen molar-refractivity contribution in [2.75, 3.05) is 7.05 Å². The molecule has 1 heterocycles. The van der Waals surface area contributed by atoms with Gasteiger partial charge in [0.25, 0.3) is 0 Å². The van der Waals surface area contributed by atoms with Crippen LogP contribution < -0.4 is 5.73 Å². The van der Waals surface area contributed by atoms with Gasteiger partial charge in [-0.25, -0.2) is 0 Å². The molecule has 0 bridgehead atoms. The molecule has 0 unspecified atom stereocenters. The highest BCUT2D eigenvalue weighted by Gasteiger charge is 1.98. The molecule has 0 aliphatic heterocycles. The number of hydrogen-bond acceptors (Lipinski definition) is 3. The predicted molar refractivity (Wildman–Crippen MR) is 60.9 cm³/mol. The van der Waals surface area contributed by atoms with Crippen LogP contribution in [0.25, 0.3) is 0 Å². The van der Waals surface area contributed by atoms with Gasteiger partial charge in [-0.2, -0.15) is 0 Å². The summed E-state index contributed by atoms with van der Waals surface area (Å²) >= 11 is 6.65. The second kappa shape index (κ2) is 4.89. The van der Waals surface area contributed by atoms with E-state index < -0.39 is 0 Å². The monoisotopic (exact) mass is 264 g/mol. The molecule has 1 rings (SSSR count). The summed E-state index contributed by atoms with van der Waals surface area (Å²) in [4.78, 5) is 3.86. The molecule has 0 amide bonds. The quantitative estimate of drug-likeness (QED) is 0.659. The van der Waals surface area contributed by atoms with Crippen LogP contribution in [-0.2, 0) is 5.75 Å². The maximum atomic E-state index is 5.53. The van der Waals surface area contributed by atoms with Gasteiger partial charge in [-0.1, -0.05) is 11.8 Å². The molecule has 0 spiro atoms. The Morgan fingerprint density at radius 1 is 1.83 bits per heavy atom. The van der Waals surface area contributed by atoms with E-state index in [2.05, 4.69) is 32.4 Å². The third-order valence-electron chi connectivity index (χ3n) is 1.23. The van der Waals surface area contributed by atoms with Crippen molar-refractivity contribution in [1.29, 1.82) is 0 Å². The minimum Gasteiger partial charge on any atom is -0.379 e. The van der Waals surface area contributed by atoms with Gasteiger partial charge in [0, 0.05) is 12.8 Å². The number of nitrogens with two attached hydrogens (primary N) is 1. The Morgan fingerprint density at radius 3 is 3.08 bits per heavy atom. The third kappa shape index (κ3) is 3.16. The van der Waals surface area contributed by atoms with Crippen molar-refractivity contribution in [2.45, 2.75) is 5.75 Å². The van der Waals surface area contributed by atoms with Gasteiger partial charge >= 0.3 is 0 Å². The van der Waals surface area contributed by atoms with E-state index in [1.807, 2.05) is 0 Å². The van der Waals surface area contributed by atoms with Crippen LogP contribution in [0.3, 0.4) is 0 Å². The number of halogens is 1. The molecular formula is C7H9BrN2S2. The topological polar surface area (TPSA) is 38.4 Å². The van der Waals surface area contributed by atoms with Crippen molar-refractivity contribution < 1.29 is 0 Å². The van der Waals surface area contributed by atoms with Crippen molar-refractivity contribution in [3.63, 3.8) is 0 Å². The van der Waals surface area contributed by atoms with Crippen LogP contribution in [0.1, 0.15) is 5.56 Å². The Balaban J connectivity index is 2.43. The third-order valence-corrected chi connectivity index (χ3v) is 3.74. The normalized spacial score (nSPS) is 12.0. The van der Waals surface area contributed by atoms with E-state index in [1.165, 1.54) is 5.56 Å². The van der Waals surface area contributed by atoms with E-state index in [4.69, 9.17) is 5.73 Å². The van der Waals surface area contributed by atoms with E-state index in [0.29, 0.717) is 5.17 Å². The molecule has 1 aromatic rings. The first kappa shape index (κ1) is 10.1. The second-order valence-electron chi connectivity index (χ2n) is 2.11. The van der Waals surface area contributed by atoms with Crippen molar-refractivity contribution in [2.24, 2.45) is 10.7 Å². The standard InChI is InChI=1S/C7H9BrN2S2/c1-10-7(9)12-4-5-2-6(8)11-3-5/h2-3H,4H2,1H3,(H2,9,10). The first-order chi connectivity index (χ1) is 5.72. The molecule has 12 heavy (non-hydrogen) atoms. The number of thiophene rings is 1. The largest absolute Gasteiger partial charge is 0.379 e. The Morgan fingerprint density at radius 2 is 2.58 bits per heavy atom. The molecule has 66 valence electrons. The molecule has 0 fully saturated rings. The number of hydrogen-bond donors (Lipinski definition) is 1. The summed E-state index contributed by atoms with van der Waals surface area (Å²) < 4.78 is 1.16. The minimum absolute atomic E-state index is 0.636. The number of nitrogens with zero attached hydrogens (tertiary/aromatic N) is 1. The lowest BCUT2D eigenvalue weighted by Gasteiger charge is -1.95. The lowest BCUT2D eigenvalue weighted by molar-refractivity contribution is 1.43. The van der Waals surface area contributed by atoms with Crippen molar-refractivity contribution in [3.05, 3.63) is 20.8 Å². The van der Waals surface area contributed by atoms with Gasteiger partial charge in [0.15, 0.2) is 5.17 Å². The fourth-order valence-electron chi connectivity index (χ4n) is 0.643. The average molecular weight is 265 g/mol. The number of rotatable bonds is 2. The summed E-state index contributed by atoms with van der Waals surface area (Å²) in [5.41, 5.74) is 6.81. The van der Waals surface area contributed by atoms with Gasteiger partial charge in [0.2, 0.25) is 0 Å². The molecule has 0 aliphatic carbocycles. The molecule has 0 radical (unpaired) electrons. The summed E-state index contributed by atoms with van der Waals surface area (Å²) in [5, 5.41) is 2.75. The van der Waals surface area contributed by atoms with Gasteiger partial charge in [0.05, 0.1) is 3.79 Å². The van der Waals surface area contributed by atoms with Crippen LogP contribution in [0.2, 0.25) is 0 Å². The maximum absolute atomic E-state index is 5.53. The first-order valence-electron chi connectivity index (χ1n) is 3.30. The zero-order valence-corrected chi connectivity index (χ0v) is 9.80. The van der Waals surface area contributed by atoms with Crippen molar-refractivity contribution in [3.8, 4) is 0 Å². The SMILES string of the molecule is CN=C(N)SCc1csc(Br)c1. The van der Waals surface area contributed by atoms with E-state index in [9.17, 15) is 0 Å². The average Bonchev–Trinajstić information content (AvgIpc) is 2.47. The molecular weight excluding hydrogens is 256 g/mol. The van der Waals surface area contributed by atoms with E-state index in [-0.39, 0.29) is 0 Å². The number of amidine groups is 1. The summed E-state index contributed by atoms with van der Waals surface area (Å²) in [5.74, 6) is 0.894. The molecule has 1 aromatic heterocycles. The lowest BCUT2D eigenvalue weighted by atomic mass is 10.4. The fraction of sp³-hybridized carbons (Fsp3) is 0.286. The Bertz CT molecular complexity index is 283. The van der Waals surface area contributed by atoms with Crippen LogP contribution >= 0.6 is 39.0 Å². The van der Waals surface area contributed by atoms with Crippen molar-refractivity contribution in [1.82, 2.24) is 0 Å². The highest BCUT2D eigenvalue weighted by Crippen LogP contribution is 2.23. The summed E-state index contributed by atoms with van der Waals surface area (Å²) in [7, 11) is 1.70. The van der Waals surface area contributed by atoms with E-state index >= 15 is 0 Å². The Labute approximate surface area is 88.4 Å². The van der Waals surface area contributed by atoms with Crippen LogP contribution in [0.15, 0.2) is 20.2 Å². The second-order valence-corrected chi connectivity index (χ2v) is 5.40. The van der Waals surface area contributed by atoms with E-state index in [0.717, 1.165) is 9.54 Å². The molecule has 0 aliphatic rings. The zero-order chi connectivity index (χ0) is 8.97. The van der Waals surface area contributed by atoms with Crippen LogP contribution in [0.5, 0.6) is 0 Å². The molecule has 2 N–H and O–H groups in total. The molecule has 0 aromatic carbocycles. The van der Waals surface area contributed by atoms with Gasteiger partial charge in [0.1, 0.15) is 0 Å². The highest BCUT2D eigenvalue weighted by molar-refractivity contribution is 9.11. The van der Waals surface area contributed by atoms with Crippen LogP contribution in [0, 0.1) is 0 Å². The van der Waals surface area contributed by atoms with E-state index in [1.54, 1.807) is 30.1 Å². The summed E-state index contributed by atoms with van der Waals surface area (Å²) in [6.45, 7) is 0. The minimum atomic E-state index is 0.636. The van der Waals surface area contributed by atoms with Crippen molar-refractivity contribution >= 4 is 44.2 Å². The van der Waals surface area contributed by atoms with Gasteiger partial charge in [-0.15, -0.1) is 11.3 Å². The molecule has 0 atom stereocenters. The fourth-order valence-corrected chi connectivity index (χ4v) is 2.57. The zero-order valence-electron chi connectivity index (χ0n) is 6.58. The number of aliphatic imine (C=N–C) groups is 1. The molecule has 0 saturated heterocycles. The molecule has 5 heteroatoms. The lowest BCUT2D eigenvalue weighted by Crippen LogP contribution is -2.05. The van der Waals surface area contributed by atoms with Crippen LogP contribution in [-0.4, -0.2) is 12.2 Å². The van der Waals surface area contributed by atoms with Gasteiger partial charge in [-0.3, -0.25) is 4.99 Å². The summed E-state index contributed by atoms with van der Waals surface area (Å²) in [6, 6.07) is 2.10. The first-order valence-corrected chi connectivity index (χ1v) is 5.96. The molecule has 0 saturated carbocycles. The van der Waals surface area contributed by atoms with Crippen LogP contribution in [0.4, 0.5) is 0 Å².